The maximum atomic E-state index is 14.0. The summed E-state index contributed by atoms with van der Waals surface area (Å²) in [5.74, 6) is -1.19. The van der Waals surface area contributed by atoms with Crippen LogP contribution in [0, 0.1) is 5.82 Å². The maximum absolute atomic E-state index is 14.0. The lowest BCUT2D eigenvalue weighted by Crippen LogP contribution is -2.33. The zero-order chi connectivity index (χ0) is 16.1. The van der Waals surface area contributed by atoms with Gasteiger partial charge in [-0.05, 0) is 30.1 Å². The fourth-order valence-corrected chi connectivity index (χ4v) is 2.17. The lowest BCUT2D eigenvalue weighted by atomic mass is 9.80. The lowest BCUT2D eigenvalue weighted by Gasteiger charge is -2.21. The molecule has 0 radical (unpaired) electrons. The van der Waals surface area contributed by atoms with Crippen molar-refractivity contribution in [2.45, 2.75) is 13.5 Å². The largest absolute Gasteiger partial charge is 0.488 e. The molecule has 1 amide bonds. The number of amides is 1. The van der Waals surface area contributed by atoms with Crippen LogP contribution in [0.1, 0.15) is 22.8 Å². The summed E-state index contributed by atoms with van der Waals surface area (Å²) >= 11 is 0. The van der Waals surface area contributed by atoms with Crippen LogP contribution in [0.25, 0.3) is 0 Å². The molecule has 0 bridgehead atoms. The van der Waals surface area contributed by atoms with Crippen LogP contribution in [0.3, 0.4) is 0 Å². The minimum atomic E-state index is -1.76. The Hall–Kier alpha value is -2.18. The molecule has 6 heteroatoms. The molecule has 4 nitrogen and oxygen atoms in total. The number of halogens is 1. The van der Waals surface area contributed by atoms with Gasteiger partial charge >= 0.3 is 7.12 Å². The summed E-state index contributed by atoms with van der Waals surface area (Å²) in [4.78, 5) is 14.0. The van der Waals surface area contributed by atoms with Crippen molar-refractivity contribution in [1.82, 2.24) is 4.90 Å². The van der Waals surface area contributed by atoms with Crippen LogP contribution in [0.15, 0.2) is 48.5 Å². The second kappa shape index (κ2) is 7.20. The molecule has 2 rings (SSSR count). The van der Waals surface area contributed by atoms with E-state index in [1.807, 2.05) is 37.3 Å². The summed E-state index contributed by atoms with van der Waals surface area (Å²) in [6.07, 6.45) is 0. The second-order valence-corrected chi connectivity index (χ2v) is 4.92. The van der Waals surface area contributed by atoms with E-state index in [-0.39, 0.29) is 11.0 Å². The number of benzene rings is 2. The fourth-order valence-electron chi connectivity index (χ4n) is 2.17. The van der Waals surface area contributed by atoms with Gasteiger partial charge in [0.2, 0.25) is 0 Å². The summed E-state index contributed by atoms with van der Waals surface area (Å²) < 4.78 is 14.0. The first-order chi connectivity index (χ1) is 10.5. The van der Waals surface area contributed by atoms with Crippen molar-refractivity contribution in [2.75, 3.05) is 6.54 Å². The topological polar surface area (TPSA) is 60.8 Å². The van der Waals surface area contributed by atoms with Crippen molar-refractivity contribution < 1.29 is 19.2 Å². The molecule has 0 heterocycles. The van der Waals surface area contributed by atoms with E-state index >= 15 is 0 Å². The number of nitrogens with zero attached hydrogens (tertiary/aromatic N) is 1. The zero-order valence-corrected chi connectivity index (χ0v) is 12.2. The van der Waals surface area contributed by atoms with E-state index in [0.717, 1.165) is 11.6 Å². The van der Waals surface area contributed by atoms with E-state index in [9.17, 15) is 9.18 Å². The zero-order valence-electron chi connectivity index (χ0n) is 12.2. The molecule has 0 unspecified atom stereocenters. The van der Waals surface area contributed by atoms with Gasteiger partial charge in [-0.1, -0.05) is 36.4 Å². The van der Waals surface area contributed by atoms with Gasteiger partial charge in [-0.2, -0.15) is 0 Å². The molecule has 0 aliphatic carbocycles. The van der Waals surface area contributed by atoms with Crippen molar-refractivity contribution >= 4 is 18.5 Å². The molecule has 22 heavy (non-hydrogen) atoms. The van der Waals surface area contributed by atoms with E-state index in [2.05, 4.69) is 0 Å². The molecule has 2 aromatic carbocycles. The second-order valence-electron chi connectivity index (χ2n) is 4.92. The predicted octanol–water partition coefficient (Wildman–Crippen LogP) is 1.17. The molecule has 0 aliphatic rings. The molecule has 0 aromatic heterocycles. The minimum absolute atomic E-state index is 0.0140. The van der Waals surface area contributed by atoms with Gasteiger partial charge in [-0.3, -0.25) is 4.79 Å². The highest BCUT2D eigenvalue weighted by Crippen LogP contribution is 2.12. The first kappa shape index (κ1) is 16.2. The highest BCUT2D eigenvalue weighted by atomic mass is 19.1. The SMILES string of the molecule is CCN(Cc1ccccc1)C(=O)c1ccc(B(O)O)cc1F. The Morgan fingerprint density at radius 1 is 1.18 bits per heavy atom. The lowest BCUT2D eigenvalue weighted by molar-refractivity contribution is 0.0748. The number of rotatable bonds is 5. The van der Waals surface area contributed by atoms with Crippen LogP contribution in [0.2, 0.25) is 0 Å². The minimum Gasteiger partial charge on any atom is -0.423 e. The van der Waals surface area contributed by atoms with Gasteiger partial charge in [-0.25, -0.2) is 4.39 Å². The van der Waals surface area contributed by atoms with Crippen LogP contribution in [0.4, 0.5) is 4.39 Å². The monoisotopic (exact) mass is 301 g/mol. The standard InChI is InChI=1S/C16H17BFNO3/c1-2-19(11-12-6-4-3-5-7-12)16(20)14-9-8-13(17(21)22)10-15(14)18/h3-10,21-22H,2,11H2,1H3. The molecule has 0 aliphatic heterocycles. The Labute approximate surface area is 129 Å². The summed E-state index contributed by atoms with van der Waals surface area (Å²) in [5, 5.41) is 18.0. The molecule has 0 saturated heterocycles. The summed E-state index contributed by atoms with van der Waals surface area (Å²) in [6.45, 7) is 2.65. The van der Waals surface area contributed by atoms with Gasteiger partial charge in [0.1, 0.15) is 5.82 Å². The molecule has 2 N–H and O–H groups in total. The summed E-state index contributed by atoms with van der Waals surface area (Å²) in [7, 11) is -1.76. The van der Waals surface area contributed by atoms with Gasteiger partial charge < -0.3 is 14.9 Å². The average molecular weight is 301 g/mol. The Morgan fingerprint density at radius 2 is 1.86 bits per heavy atom. The van der Waals surface area contributed by atoms with E-state index in [0.29, 0.717) is 13.1 Å². The molecule has 0 spiro atoms. The molecule has 0 fully saturated rings. The number of hydrogen-bond acceptors (Lipinski definition) is 3. The first-order valence-corrected chi connectivity index (χ1v) is 7.01. The number of carbonyl (C=O) groups is 1. The van der Waals surface area contributed by atoms with E-state index < -0.39 is 18.8 Å². The highest BCUT2D eigenvalue weighted by Gasteiger charge is 2.20. The van der Waals surface area contributed by atoms with Gasteiger partial charge in [-0.15, -0.1) is 0 Å². The Kier molecular flexibility index (Phi) is 5.30. The van der Waals surface area contributed by atoms with E-state index in [4.69, 9.17) is 10.0 Å². The van der Waals surface area contributed by atoms with Crippen molar-refractivity contribution in [2.24, 2.45) is 0 Å². The van der Waals surface area contributed by atoms with Crippen LogP contribution < -0.4 is 5.46 Å². The fraction of sp³-hybridized carbons (Fsp3) is 0.188. The number of hydrogen-bond donors (Lipinski definition) is 2. The molecule has 0 atom stereocenters. The van der Waals surface area contributed by atoms with Crippen LogP contribution in [0.5, 0.6) is 0 Å². The van der Waals surface area contributed by atoms with Gasteiger partial charge in [0, 0.05) is 13.1 Å². The first-order valence-electron chi connectivity index (χ1n) is 7.01. The van der Waals surface area contributed by atoms with Gasteiger partial charge in [0.05, 0.1) is 5.56 Å². The smallest absolute Gasteiger partial charge is 0.423 e. The summed E-state index contributed by atoms with van der Waals surface area (Å²) in [6, 6.07) is 13.0. The molecular weight excluding hydrogens is 284 g/mol. The average Bonchev–Trinajstić information content (AvgIpc) is 2.52. The molecule has 0 saturated carbocycles. The molecular formula is C16H17BFNO3. The van der Waals surface area contributed by atoms with E-state index in [1.54, 1.807) is 0 Å². The Morgan fingerprint density at radius 3 is 2.41 bits per heavy atom. The molecule has 114 valence electrons. The quantitative estimate of drug-likeness (QED) is 0.815. The van der Waals surface area contributed by atoms with Crippen molar-refractivity contribution in [3.63, 3.8) is 0 Å². The van der Waals surface area contributed by atoms with Crippen LogP contribution >= 0.6 is 0 Å². The third-order valence-electron chi connectivity index (χ3n) is 3.41. The van der Waals surface area contributed by atoms with Gasteiger partial charge in [0.15, 0.2) is 0 Å². The van der Waals surface area contributed by atoms with Crippen molar-refractivity contribution in [3.8, 4) is 0 Å². The Bertz CT molecular complexity index is 649. The third kappa shape index (κ3) is 3.72. The van der Waals surface area contributed by atoms with Crippen LogP contribution in [-0.4, -0.2) is 34.5 Å². The maximum Gasteiger partial charge on any atom is 0.488 e. The van der Waals surface area contributed by atoms with Gasteiger partial charge in [0.25, 0.3) is 5.91 Å². The normalized spacial score (nSPS) is 10.4. The molecule has 2 aromatic rings. The van der Waals surface area contributed by atoms with Crippen molar-refractivity contribution in [1.29, 1.82) is 0 Å². The highest BCUT2D eigenvalue weighted by molar-refractivity contribution is 6.58. The third-order valence-corrected chi connectivity index (χ3v) is 3.41. The van der Waals surface area contributed by atoms with Crippen LogP contribution in [-0.2, 0) is 6.54 Å². The Balaban J connectivity index is 2.21. The number of carbonyl (C=O) groups excluding carboxylic acids is 1. The predicted molar refractivity (Wildman–Crippen MR) is 83.1 cm³/mol. The van der Waals surface area contributed by atoms with E-state index in [1.165, 1.54) is 17.0 Å². The summed E-state index contributed by atoms with van der Waals surface area (Å²) in [5.41, 5.74) is 0.892. The van der Waals surface area contributed by atoms with Crippen molar-refractivity contribution in [3.05, 3.63) is 65.5 Å².